The Kier molecular flexibility index (Phi) is 4.64. The highest BCUT2D eigenvalue weighted by atomic mass is 19.1. The second kappa shape index (κ2) is 6.86. The van der Waals surface area contributed by atoms with Crippen LogP contribution < -0.4 is 9.47 Å². The summed E-state index contributed by atoms with van der Waals surface area (Å²) in [6.07, 6.45) is 1.52. The number of rotatable bonds is 3. The van der Waals surface area contributed by atoms with Gasteiger partial charge in [0.15, 0.2) is 0 Å². The van der Waals surface area contributed by atoms with Crippen LogP contribution in [0.5, 0.6) is 11.6 Å². The van der Waals surface area contributed by atoms with E-state index in [0.717, 1.165) is 0 Å². The number of ether oxygens (including phenoxy) is 2. The van der Waals surface area contributed by atoms with Gasteiger partial charge in [0.1, 0.15) is 18.2 Å². The minimum Gasteiger partial charge on any atom is -0.491 e. The Bertz CT molecular complexity index is 732. The molecular weight excluding hydrogens is 311 g/mol. The van der Waals surface area contributed by atoms with Gasteiger partial charge in [-0.1, -0.05) is 0 Å². The second-order valence-electron chi connectivity index (χ2n) is 5.88. The first-order chi connectivity index (χ1) is 11.5. The molecule has 0 aliphatic carbocycles. The van der Waals surface area contributed by atoms with Gasteiger partial charge < -0.3 is 14.4 Å². The normalized spacial score (nSPS) is 13.9. The Morgan fingerprint density at radius 3 is 2.88 bits per heavy atom. The summed E-state index contributed by atoms with van der Waals surface area (Å²) >= 11 is 0. The Morgan fingerprint density at radius 1 is 1.33 bits per heavy atom. The average Bonchev–Trinajstić information content (AvgIpc) is 2.76. The van der Waals surface area contributed by atoms with Gasteiger partial charge in [-0.3, -0.25) is 4.79 Å². The van der Waals surface area contributed by atoms with E-state index in [0.29, 0.717) is 42.5 Å². The van der Waals surface area contributed by atoms with Gasteiger partial charge in [-0.25, -0.2) is 9.37 Å². The number of carbonyl (C=O) groups excluding carboxylic acids is 1. The third-order valence-electron chi connectivity index (χ3n) is 3.63. The molecule has 0 bridgehead atoms. The maximum absolute atomic E-state index is 13.4. The lowest BCUT2D eigenvalue weighted by molar-refractivity contribution is 0.0732. The van der Waals surface area contributed by atoms with E-state index >= 15 is 0 Å². The number of halogens is 1. The molecule has 1 amide bonds. The number of fused-ring (bicyclic) bond motifs is 1. The molecule has 2 aromatic rings. The summed E-state index contributed by atoms with van der Waals surface area (Å²) in [5, 5.41) is 0. The molecule has 1 aromatic heterocycles. The molecule has 1 aliphatic heterocycles. The van der Waals surface area contributed by atoms with Crippen molar-refractivity contribution in [3.63, 3.8) is 0 Å². The van der Waals surface area contributed by atoms with Crippen LogP contribution >= 0.6 is 0 Å². The lowest BCUT2D eigenvalue weighted by Crippen LogP contribution is -2.32. The molecule has 1 aliphatic rings. The predicted octanol–water partition coefficient (Wildman–Crippen LogP) is 3.04. The Morgan fingerprint density at radius 2 is 2.17 bits per heavy atom. The van der Waals surface area contributed by atoms with E-state index in [4.69, 9.17) is 9.47 Å². The predicted molar refractivity (Wildman–Crippen MR) is 86.6 cm³/mol. The molecule has 0 saturated heterocycles. The molecule has 0 fully saturated rings. The molecule has 2 heterocycles. The molecule has 6 heteroatoms. The zero-order valence-corrected chi connectivity index (χ0v) is 13.7. The summed E-state index contributed by atoms with van der Waals surface area (Å²) in [5.41, 5.74) is 1.12. The van der Waals surface area contributed by atoms with Gasteiger partial charge >= 0.3 is 0 Å². The first-order valence-corrected chi connectivity index (χ1v) is 7.86. The van der Waals surface area contributed by atoms with Crippen LogP contribution in [0, 0.1) is 5.82 Å². The summed E-state index contributed by atoms with van der Waals surface area (Å²) in [6, 6.07) is 7.71. The highest BCUT2D eigenvalue weighted by molar-refractivity contribution is 5.94. The fourth-order valence-electron chi connectivity index (χ4n) is 2.54. The molecule has 0 N–H and O–H groups in total. The zero-order valence-electron chi connectivity index (χ0n) is 13.7. The zero-order chi connectivity index (χ0) is 17.1. The average molecular weight is 330 g/mol. The van der Waals surface area contributed by atoms with E-state index in [9.17, 15) is 9.18 Å². The van der Waals surface area contributed by atoms with Gasteiger partial charge in [-0.05, 0) is 38.1 Å². The Labute approximate surface area is 140 Å². The first-order valence-electron chi connectivity index (χ1n) is 7.86. The van der Waals surface area contributed by atoms with Crippen LogP contribution in [0.1, 0.15) is 29.8 Å². The van der Waals surface area contributed by atoms with Crippen LogP contribution in [-0.2, 0) is 6.54 Å². The number of nitrogens with zero attached hydrogens (tertiary/aromatic N) is 2. The van der Waals surface area contributed by atoms with Crippen molar-refractivity contribution in [3.05, 3.63) is 53.5 Å². The summed E-state index contributed by atoms with van der Waals surface area (Å²) in [4.78, 5) is 18.5. The molecule has 0 radical (unpaired) electrons. The monoisotopic (exact) mass is 330 g/mol. The second-order valence-corrected chi connectivity index (χ2v) is 5.88. The molecule has 0 saturated carbocycles. The molecule has 5 nitrogen and oxygen atoms in total. The van der Waals surface area contributed by atoms with Crippen LogP contribution in [-0.4, -0.2) is 35.0 Å². The fourth-order valence-corrected chi connectivity index (χ4v) is 2.54. The van der Waals surface area contributed by atoms with Crippen molar-refractivity contribution < 1.29 is 18.7 Å². The number of benzene rings is 1. The number of aromatic nitrogens is 1. The molecule has 0 unspecified atom stereocenters. The maximum Gasteiger partial charge on any atom is 0.255 e. The number of hydrogen-bond donors (Lipinski definition) is 0. The van der Waals surface area contributed by atoms with Gasteiger partial charge in [0.2, 0.25) is 5.88 Å². The van der Waals surface area contributed by atoms with Crippen LogP contribution in [0.25, 0.3) is 0 Å². The van der Waals surface area contributed by atoms with E-state index in [2.05, 4.69) is 4.98 Å². The number of amides is 1. The number of hydrogen-bond acceptors (Lipinski definition) is 4. The van der Waals surface area contributed by atoms with Crippen molar-refractivity contribution >= 4 is 5.91 Å². The van der Waals surface area contributed by atoms with Crippen molar-refractivity contribution in [1.29, 1.82) is 0 Å². The molecule has 126 valence electrons. The van der Waals surface area contributed by atoms with Crippen molar-refractivity contribution in [2.75, 3.05) is 13.2 Å². The lowest BCUT2D eigenvalue weighted by atomic mass is 10.1. The van der Waals surface area contributed by atoms with E-state index < -0.39 is 0 Å². The van der Waals surface area contributed by atoms with Gasteiger partial charge in [0.25, 0.3) is 5.91 Å². The molecule has 1 aromatic carbocycles. The Balaban J connectivity index is 1.77. The SMILES string of the molecule is CC(C)Oc1ccc(C(=O)N2CCOc3ccc(F)cc3C2)cn1. The van der Waals surface area contributed by atoms with E-state index in [1.54, 1.807) is 23.1 Å². The quantitative estimate of drug-likeness (QED) is 0.868. The summed E-state index contributed by atoms with van der Waals surface area (Å²) in [6.45, 7) is 4.92. The molecule has 0 atom stereocenters. The number of pyridine rings is 1. The van der Waals surface area contributed by atoms with Gasteiger partial charge in [0, 0.05) is 24.4 Å². The van der Waals surface area contributed by atoms with E-state index in [-0.39, 0.29) is 17.8 Å². The van der Waals surface area contributed by atoms with Crippen molar-refractivity contribution in [2.45, 2.75) is 26.5 Å². The summed E-state index contributed by atoms with van der Waals surface area (Å²) in [5.74, 6) is 0.585. The standard InChI is InChI=1S/C18H19FN2O3/c1-12(2)24-17-6-3-13(10-20-17)18(22)21-7-8-23-16-5-4-15(19)9-14(16)11-21/h3-6,9-10,12H,7-8,11H2,1-2H3. The smallest absolute Gasteiger partial charge is 0.255 e. The molecule has 3 rings (SSSR count). The third-order valence-corrected chi connectivity index (χ3v) is 3.63. The topological polar surface area (TPSA) is 51.7 Å². The number of carbonyl (C=O) groups is 1. The molecule has 0 spiro atoms. The van der Waals surface area contributed by atoms with Gasteiger partial charge in [0.05, 0.1) is 18.2 Å². The van der Waals surface area contributed by atoms with Crippen LogP contribution in [0.3, 0.4) is 0 Å². The van der Waals surface area contributed by atoms with Crippen molar-refractivity contribution in [1.82, 2.24) is 9.88 Å². The largest absolute Gasteiger partial charge is 0.491 e. The lowest BCUT2D eigenvalue weighted by Gasteiger charge is -2.20. The van der Waals surface area contributed by atoms with Gasteiger partial charge in [-0.2, -0.15) is 0 Å². The third kappa shape index (κ3) is 3.64. The summed E-state index contributed by atoms with van der Waals surface area (Å²) < 4.78 is 24.5. The summed E-state index contributed by atoms with van der Waals surface area (Å²) in [7, 11) is 0. The Hall–Kier alpha value is -2.63. The highest BCUT2D eigenvalue weighted by Gasteiger charge is 2.21. The first kappa shape index (κ1) is 16.2. The minimum atomic E-state index is -0.344. The molecule has 24 heavy (non-hydrogen) atoms. The highest BCUT2D eigenvalue weighted by Crippen LogP contribution is 2.24. The molecular formula is C18H19FN2O3. The fraction of sp³-hybridized carbons (Fsp3) is 0.333. The van der Waals surface area contributed by atoms with Crippen LogP contribution in [0.15, 0.2) is 36.5 Å². The van der Waals surface area contributed by atoms with Gasteiger partial charge in [-0.15, -0.1) is 0 Å². The maximum atomic E-state index is 13.4. The van der Waals surface area contributed by atoms with Crippen LogP contribution in [0.2, 0.25) is 0 Å². The van der Waals surface area contributed by atoms with Crippen molar-refractivity contribution in [2.24, 2.45) is 0 Å². The van der Waals surface area contributed by atoms with Crippen molar-refractivity contribution in [3.8, 4) is 11.6 Å². The minimum absolute atomic E-state index is 0.0215. The van der Waals surface area contributed by atoms with E-state index in [1.807, 2.05) is 13.8 Å². The van der Waals surface area contributed by atoms with Crippen LogP contribution in [0.4, 0.5) is 4.39 Å². The van der Waals surface area contributed by atoms with E-state index in [1.165, 1.54) is 18.3 Å².